The Kier molecular flexibility index (Phi) is 2.62. The van der Waals surface area contributed by atoms with Crippen LogP contribution in [0.5, 0.6) is 0 Å². The molecule has 0 radical (unpaired) electrons. The van der Waals surface area contributed by atoms with E-state index in [1.165, 1.54) is 24.4 Å². The summed E-state index contributed by atoms with van der Waals surface area (Å²) in [5.74, 6) is 0.528. The zero-order valence-corrected chi connectivity index (χ0v) is 8.84. The largest absolute Gasteiger partial charge is 0.370 e. The third-order valence-corrected chi connectivity index (χ3v) is 2.88. The molecule has 1 aliphatic rings. The van der Waals surface area contributed by atoms with Crippen molar-refractivity contribution in [2.24, 2.45) is 10.7 Å². The summed E-state index contributed by atoms with van der Waals surface area (Å²) in [4.78, 5) is 5.30. The van der Waals surface area contributed by atoms with Gasteiger partial charge in [0, 0.05) is 6.04 Å². The number of hydrogen-bond acceptors (Lipinski definition) is 4. The third-order valence-electron chi connectivity index (χ3n) is 2.07. The molecule has 0 bridgehead atoms. The van der Waals surface area contributed by atoms with E-state index in [9.17, 15) is 0 Å². The van der Waals surface area contributed by atoms with E-state index in [2.05, 4.69) is 19.9 Å². The monoisotopic (exact) mass is 211 g/mol. The quantitative estimate of drug-likeness (QED) is 0.561. The molecule has 1 saturated carbocycles. The predicted octanol–water partition coefficient (Wildman–Crippen LogP) is 0.413. The lowest BCUT2D eigenvalue weighted by Crippen LogP contribution is -2.33. The molecule has 0 amide bonds. The van der Waals surface area contributed by atoms with E-state index in [0.29, 0.717) is 18.5 Å². The van der Waals surface area contributed by atoms with E-state index < -0.39 is 0 Å². The van der Waals surface area contributed by atoms with Gasteiger partial charge in [0.2, 0.25) is 0 Å². The molecule has 76 valence electrons. The molecular weight excluding hydrogens is 198 g/mol. The van der Waals surface area contributed by atoms with Gasteiger partial charge < -0.3 is 11.1 Å². The van der Waals surface area contributed by atoms with E-state index in [-0.39, 0.29) is 0 Å². The summed E-state index contributed by atoms with van der Waals surface area (Å²) in [6.07, 6.45) is 2.41. The minimum absolute atomic E-state index is 0.528. The molecule has 3 N–H and O–H groups in total. The average molecular weight is 211 g/mol. The normalized spacial score (nSPS) is 17.1. The highest BCUT2D eigenvalue weighted by Gasteiger charge is 2.21. The van der Waals surface area contributed by atoms with Gasteiger partial charge in [0.1, 0.15) is 0 Å². The maximum Gasteiger partial charge on any atom is 0.189 e. The Balaban J connectivity index is 1.88. The van der Waals surface area contributed by atoms with E-state index in [1.807, 2.05) is 6.92 Å². The number of aromatic nitrogens is 2. The van der Waals surface area contributed by atoms with Gasteiger partial charge in [-0.05, 0) is 31.3 Å². The first-order valence-electron chi connectivity index (χ1n) is 4.60. The summed E-state index contributed by atoms with van der Waals surface area (Å²) in [7, 11) is 0. The third kappa shape index (κ3) is 2.41. The maximum absolute atomic E-state index is 5.68. The number of aliphatic imine (C=N–C) groups is 1. The Morgan fingerprint density at radius 3 is 3.07 bits per heavy atom. The highest BCUT2D eigenvalue weighted by molar-refractivity contribution is 7.05. The second-order valence-electron chi connectivity index (χ2n) is 3.40. The topological polar surface area (TPSA) is 76.2 Å². The van der Waals surface area contributed by atoms with Crippen molar-refractivity contribution in [3.63, 3.8) is 0 Å². The molecule has 1 fully saturated rings. The van der Waals surface area contributed by atoms with Crippen LogP contribution in [0.4, 0.5) is 0 Å². The summed E-state index contributed by atoms with van der Waals surface area (Å²) < 4.78 is 3.83. The van der Waals surface area contributed by atoms with Gasteiger partial charge >= 0.3 is 0 Å². The van der Waals surface area contributed by atoms with Crippen LogP contribution in [-0.2, 0) is 6.54 Å². The average Bonchev–Trinajstić information content (AvgIpc) is 2.86. The van der Waals surface area contributed by atoms with Crippen LogP contribution in [0, 0.1) is 6.92 Å². The van der Waals surface area contributed by atoms with Crippen LogP contribution in [0.3, 0.4) is 0 Å². The molecule has 1 aromatic heterocycles. The Bertz CT molecular complexity index is 341. The van der Waals surface area contributed by atoms with E-state index in [4.69, 9.17) is 5.73 Å². The molecule has 0 aromatic carbocycles. The molecule has 0 unspecified atom stereocenters. The first kappa shape index (κ1) is 9.39. The lowest BCUT2D eigenvalue weighted by molar-refractivity contribution is 0.879. The number of hydrogen-bond donors (Lipinski definition) is 2. The number of nitrogens with one attached hydrogen (secondary N) is 1. The molecule has 6 heteroatoms. The summed E-state index contributed by atoms with van der Waals surface area (Å²) in [6, 6.07) is 0.555. The van der Waals surface area contributed by atoms with Gasteiger partial charge in [-0.1, -0.05) is 4.49 Å². The second kappa shape index (κ2) is 3.91. The summed E-state index contributed by atoms with van der Waals surface area (Å²) in [6.45, 7) is 2.51. The van der Waals surface area contributed by atoms with Crippen LogP contribution >= 0.6 is 11.5 Å². The molecule has 5 nitrogen and oxygen atoms in total. The molecule has 0 saturated heterocycles. The first-order valence-corrected chi connectivity index (χ1v) is 5.37. The van der Waals surface area contributed by atoms with Crippen molar-refractivity contribution in [1.29, 1.82) is 0 Å². The van der Waals surface area contributed by atoms with Crippen molar-refractivity contribution in [2.45, 2.75) is 32.4 Å². The molecule has 0 spiro atoms. The van der Waals surface area contributed by atoms with Gasteiger partial charge in [-0.15, -0.1) is 5.10 Å². The molecule has 1 aliphatic carbocycles. The van der Waals surface area contributed by atoms with Crippen LogP contribution in [0.2, 0.25) is 0 Å². The van der Waals surface area contributed by atoms with Crippen molar-refractivity contribution < 1.29 is 0 Å². The fraction of sp³-hybridized carbons (Fsp3) is 0.625. The minimum Gasteiger partial charge on any atom is -0.370 e. The molecule has 14 heavy (non-hydrogen) atoms. The molecule has 0 aliphatic heterocycles. The van der Waals surface area contributed by atoms with Crippen molar-refractivity contribution in [1.82, 2.24) is 14.9 Å². The highest BCUT2D eigenvalue weighted by Crippen LogP contribution is 2.18. The van der Waals surface area contributed by atoms with Crippen molar-refractivity contribution in [2.75, 3.05) is 0 Å². The smallest absolute Gasteiger partial charge is 0.189 e. The Hall–Kier alpha value is -1.17. The summed E-state index contributed by atoms with van der Waals surface area (Å²) in [5, 5.41) is 7.03. The zero-order valence-electron chi connectivity index (χ0n) is 8.03. The second-order valence-corrected chi connectivity index (χ2v) is 4.24. The van der Waals surface area contributed by atoms with E-state index >= 15 is 0 Å². The van der Waals surface area contributed by atoms with Crippen LogP contribution < -0.4 is 11.1 Å². The van der Waals surface area contributed by atoms with Crippen LogP contribution in [0.1, 0.15) is 23.4 Å². The standard InChI is InChI=1S/C8H13N5S/c1-5-7(14-13-12-5)4-10-8(9)11-6-2-3-6/h6H,2-4H2,1H3,(H3,9,10,11). The Morgan fingerprint density at radius 1 is 1.71 bits per heavy atom. The minimum atomic E-state index is 0.528. The summed E-state index contributed by atoms with van der Waals surface area (Å²) >= 11 is 1.37. The van der Waals surface area contributed by atoms with Gasteiger partial charge in [0.15, 0.2) is 5.96 Å². The fourth-order valence-corrected chi connectivity index (χ4v) is 1.59. The van der Waals surface area contributed by atoms with Crippen molar-refractivity contribution >= 4 is 17.5 Å². The fourth-order valence-electron chi connectivity index (χ4n) is 1.04. The molecular formula is C8H13N5S. The van der Waals surface area contributed by atoms with Crippen LogP contribution in [-0.4, -0.2) is 21.6 Å². The van der Waals surface area contributed by atoms with Gasteiger partial charge in [-0.25, -0.2) is 4.99 Å². The summed E-state index contributed by atoms with van der Waals surface area (Å²) in [5.41, 5.74) is 6.63. The molecule has 1 aromatic rings. The lowest BCUT2D eigenvalue weighted by Gasteiger charge is -2.01. The number of nitrogens with two attached hydrogens (primary N) is 1. The first-order chi connectivity index (χ1) is 6.75. The molecule has 1 heterocycles. The van der Waals surface area contributed by atoms with Crippen molar-refractivity contribution in [3.8, 4) is 0 Å². The lowest BCUT2D eigenvalue weighted by atomic mass is 10.4. The van der Waals surface area contributed by atoms with E-state index in [1.54, 1.807) is 0 Å². The van der Waals surface area contributed by atoms with Gasteiger partial charge in [-0.3, -0.25) is 0 Å². The Labute approximate surface area is 86.6 Å². The van der Waals surface area contributed by atoms with Crippen molar-refractivity contribution in [3.05, 3.63) is 10.6 Å². The van der Waals surface area contributed by atoms with Gasteiger partial charge in [-0.2, -0.15) is 0 Å². The van der Waals surface area contributed by atoms with Crippen LogP contribution in [0.25, 0.3) is 0 Å². The number of rotatable bonds is 3. The SMILES string of the molecule is Cc1nnsc1CN=C(N)NC1CC1. The van der Waals surface area contributed by atoms with Gasteiger partial charge in [0.05, 0.1) is 17.1 Å². The number of guanidine groups is 1. The number of nitrogens with zero attached hydrogens (tertiary/aromatic N) is 3. The highest BCUT2D eigenvalue weighted by atomic mass is 32.1. The number of aryl methyl sites for hydroxylation is 1. The maximum atomic E-state index is 5.68. The van der Waals surface area contributed by atoms with Gasteiger partial charge in [0.25, 0.3) is 0 Å². The van der Waals surface area contributed by atoms with Crippen LogP contribution in [0.15, 0.2) is 4.99 Å². The molecule has 0 atom stereocenters. The Morgan fingerprint density at radius 2 is 2.50 bits per heavy atom. The predicted molar refractivity (Wildman–Crippen MR) is 56.1 cm³/mol. The molecule has 2 rings (SSSR count). The van der Waals surface area contributed by atoms with E-state index in [0.717, 1.165) is 10.6 Å². The zero-order chi connectivity index (χ0) is 9.97.